The van der Waals surface area contributed by atoms with Gasteiger partial charge in [0.15, 0.2) is 9.84 Å². The summed E-state index contributed by atoms with van der Waals surface area (Å²) in [6.45, 7) is 4.27. The second-order valence-electron chi connectivity index (χ2n) is 5.40. The lowest BCUT2D eigenvalue weighted by molar-refractivity contribution is 0.0953. The Morgan fingerprint density at radius 3 is 2.76 bits per heavy atom. The number of aromatic nitrogens is 2. The number of aryl methyl sites for hydroxylation is 1. The summed E-state index contributed by atoms with van der Waals surface area (Å²) in [6, 6.07) is 7.43. The molecule has 2 N–H and O–H groups in total. The third kappa shape index (κ3) is 5.18. The van der Waals surface area contributed by atoms with E-state index in [-0.39, 0.29) is 18.1 Å². The summed E-state index contributed by atoms with van der Waals surface area (Å²) < 4.78 is 27.6. The molecule has 0 aliphatic carbocycles. The summed E-state index contributed by atoms with van der Waals surface area (Å²) in [7, 11) is -3.20. The number of nitrogens with one attached hydrogen (secondary N) is 2. The van der Waals surface area contributed by atoms with Crippen molar-refractivity contribution in [2.75, 3.05) is 19.4 Å². The second-order valence-corrected chi connectivity index (χ2v) is 7.33. The van der Waals surface area contributed by atoms with E-state index in [4.69, 9.17) is 4.74 Å². The zero-order chi connectivity index (χ0) is 18.4. The average Bonchev–Trinajstić information content (AvgIpc) is 2.93. The van der Waals surface area contributed by atoms with Crippen molar-refractivity contribution < 1.29 is 17.9 Å². The first kappa shape index (κ1) is 18.7. The predicted octanol–water partition coefficient (Wildman–Crippen LogP) is 2.07. The number of imidazole rings is 1. The fraction of sp³-hybridized carbons (Fsp3) is 0.294. The molecule has 0 spiro atoms. The van der Waals surface area contributed by atoms with Crippen LogP contribution in [0.5, 0.6) is 5.75 Å². The number of benzene rings is 1. The van der Waals surface area contributed by atoms with Gasteiger partial charge in [-0.2, -0.15) is 0 Å². The number of ether oxygens (including phenoxy) is 1. The van der Waals surface area contributed by atoms with E-state index in [0.29, 0.717) is 23.9 Å². The highest BCUT2D eigenvalue weighted by Crippen LogP contribution is 2.28. The van der Waals surface area contributed by atoms with Crippen LogP contribution in [0, 0.1) is 6.92 Å². The van der Waals surface area contributed by atoms with E-state index in [1.807, 2.05) is 31.2 Å². The molecule has 134 valence electrons. The van der Waals surface area contributed by atoms with E-state index in [1.54, 1.807) is 6.92 Å². The van der Waals surface area contributed by atoms with Gasteiger partial charge in [-0.05, 0) is 26.0 Å². The highest BCUT2D eigenvalue weighted by Gasteiger charge is 2.17. The molecule has 2 rings (SSSR count). The Morgan fingerprint density at radius 1 is 1.36 bits per heavy atom. The van der Waals surface area contributed by atoms with Crippen LogP contribution in [0.1, 0.15) is 23.1 Å². The van der Waals surface area contributed by atoms with Gasteiger partial charge in [0.05, 0.1) is 12.2 Å². The number of H-pyrrole nitrogens is 1. The quantitative estimate of drug-likeness (QED) is 0.784. The first-order valence-electron chi connectivity index (χ1n) is 7.75. The summed E-state index contributed by atoms with van der Waals surface area (Å²) >= 11 is 0. The topological polar surface area (TPSA) is 101 Å². The number of sulfone groups is 1. The Labute approximate surface area is 147 Å². The van der Waals surface area contributed by atoms with Crippen molar-refractivity contribution in [3.63, 3.8) is 0 Å². The van der Waals surface area contributed by atoms with Gasteiger partial charge in [0.2, 0.25) is 0 Å². The number of carbonyl (C=O) groups excluding carboxylic acids is 1. The van der Waals surface area contributed by atoms with Gasteiger partial charge in [0.25, 0.3) is 5.91 Å². The maximum absolute atomic E-state index is 12.2. The number of nitrogens with zero attached hydrogens (tertiary/aromatic N) is 1. The number of para-hydroxylation sites is 1. The average molecular weight is 363 g/mol. The van der Waals surface area contributed by atoms with Crippen molar-refractivity contribution in [3.05, 3.63) is 47.1 Å². The molecule has 0 bridgehead atoms. The minimum absolute atomic E-state index is 0.100. The van der Waals surface area contributed by atoms with E-state index < -0.39 is 9.84 Å². The summed E-state index contributed by atoms with van der Waals surface area (Å²) in [5, 5.41) is 3.66. The largest absolute Gasteiger partial charge is 0.493 e. The van der Waals surface area contributed by atoms with Crippen LogP contribution >= 0.6 is 0 Å². The smallest absolute Gasteiger partial charge is 0.272 e. The zero-order valence-electron chi connectivity index (χ0n) is 14.4. The number of hydrogen-bond acceptors (Lipinski definition) is 5. The second kappa shape index (κ2) is 7.98. The third-order valence-electron chi connectivity index (χ3n) is 3.27. The summed E-state index contributed by atoms with van der Waals surface area (Å²) in [4.78, 5) is 19.7. The molecule has 1 aromatic heterocycles. The van der Waals surface area contributed by atoms with Crippen LogP contribution in [0.4, 0.5) is 0 Å². The number of amides is 1. The Balaban J connectivity index is 2.17. The normalized spacial score (nSPS) is 11.6. The van der Waals surface area contributed by atoms with Gasteiger partial charge in [-0.3, -0.25) is 4.79 Å². The highest BCUT2D eigenvalue weighted by molar-refractivity contribution is 7.93. The van der Waals surface area contributed by atoms with Crippen LogP contribution in [0.3, 0.4) is 0 Å². The fourth-order valence-electron chi connectivity index (χ4n) is 2.21. The molecule has 25 heavy (non-hydrogen) atoms. The first-order valence-corrected chi connectivity index (χ1v) is 9.71. The molecule has 0 aliphatic rings. The minimum Gasteiger partial charge on any atom is -0.493 e. The van der Waals surface area contributed by atoms with E-state index >= 15 is 0 Å². The molecule has 0 saturated carbocycles. The first-order chi connectivity index (χ1) is 11.8. The Kier molecular flexibility index (Phi) is 5.97. The molecule has 1 amide bonds. The van der Waals surface area contributed by atoms with Crippen molar-refractivity contribution in [2.45, 2.75) is 13.8 Å². The van der Waals surface area contributed by atoms with Gasteiger partial charge in [0, 0.05) is 23.9 Å². The monoisotopic (exact) mass is 363 g/mol. The Morgan fingerprint density at radius 2 is 2.08 bits per heavy atom. The number of hydrogen-bond donors (Lipinski definition) is 2. The van der Waals surface area contributed by atoms with Gasteiger partial charge in [0.1, 0.15) is 17.3 Å². The number of rotatable bonds is 7. The van der Waals surface area contributed by atoms with Crippen molar-refractivity contribution in [1.29, 1.82) is 0 Å². The minimum atomic E-state index is -3.20. The van der Waals surface area contributed by atoms with Gasteiger partial charge < -0.3 is 15.0 Å². The maximum atomic E-state index is 12.2. The van der Waals surface area contributed by atoms with E-state index in [9.17, 15) is 13.2 Å². The fourth-order valence-corrected chi connectivity index (χ4v) is 2.66. The predicted molar refractivity (Wildman–Crippen MR) is 96.2 cm³/mol. The van der Waals surface area contributed by atoms with Crippen molar-refractivity contribution in [2.24, 2.45) is 0 Å². The van der Waals surface area contributed by atoms with Crippen LogP contribution in [0.25, 0.3) is 11.4 Å². The molecule has 0 saturated heterocycles. The van der Waals surface area contributed by atoms with Gasteiger partial charge in [-0.1, -0.05) is 18.2 Å². The molecular weight excluding hydrogens is 342 g/mol. The summed E-state index contributed by atoms with van der Waals surface area (Å²) in [5.74, 6) is 0.840. The summed E-state index contributed by atoms with van der Waals surface area (Å²) in [5.41, 5.74) is 1.64. The van der Waals surface area contributed by atoms with Gasteiger partial charge in [-0.15, -0.1) is 0 Å². The zero-order valence-corrected chi connectivity index (χ0v) is 15.2. The van der Waals surface area contributed by atoms with Gasteiger partial charge in [-0.25, -0.2) is 13.4 Å². The molecule has 1 heterocycles. The SMILES string of the molecule is CCOc1ccccc1-c1nc(C(=O)NC/C=C/S(C)(=O)=O)c(C)[nH]1. The van der Waals surface area contributed by atoms with Crippen LogP contribution in [-0.4, -0.2) is 43.7 Å². The molecular formula is C17H21N3O4S. The molecule has 0 fully saturated rings. The van der Waals surface area contributed by atoms with E-state index in [0.717, 1.165) is 17.2 Å². The third-order valence-corrected chi connectivity index (χ3v) is 3.95. The van der Waals surface area contributed by atoms with Crippen molar-refractivity contribution in [1.82, 2.24) is 15.3 Å². The van der Waals surface area contributed by atoms with Crippen LogP contribution in [-0.2, 0) is 9.84 Å². The lowest BCUT2D eigenvalue weighted by atomic mass is 10.2. The molecule has 8 heteroatoms. The van der Waals surface area contributed by atoms with Crippen LogP contribution < -0.4 is 10.1 Å². The molecule has 7 nitrogen and oxygen atoms in total. The summed E-state index contributed by atoms with van der Waals surface area (Å²) in [6.07, 6.45) is 2.46. The van der Waals surface area contributed by atoms with Crippen molar-refractivity contribution >= 4 is 15.7 Å². The molecule has 0 unspecified atom stereocenters. The van der Waals surface area contributed by atoms with E-state index in [2.05, 4.69) is 15.3 Å². The number of aromatic amines is 1. The van der Waals surface area contributed by atoms with Gasteiger partial charge >= 0.3 is 0 Å². The molecule has 0 atom stereocenters. The number of carbonyl (C=O) groups is 1. The van der Waals surface area contributed by atoms with Crippen LogP contribution in [0.15, 0.2) is 35.7 Å². The highest BCUT2D eigenvalue weighted by atomic mass is 32.2. The molecule has 0 aliphatic heterocycles. The lowest BCUT2D eigenvalue weighted by Gasteiger charge is -2.07. The maximum Gasteiger partial charge on any atom is 0.272 e. The molecule has 1 aromatic carbocycles. The molecule has 0 radical (unpaired) electrons. The van der Waals surface area contributed by atoms with Crippen LogP contribution in [0.2, 0.25) is 0 Å². The molecule has 2 aromatic rings. The Hall–Kier alpha value is -2.61. The standard InChI is InChI=1S/C17H21N3O4S/c1-4-24-14-9-6-5-8-13(14)16-19-12(2)15(20-16)17(21)18-10-7-11-25(3,22)23/h5-9,11H,4,10H2,1-3H3,(H,18,21)(H,19,20)/b11-7+. The lowest BCUT2D eigenvalue weighted by Crippen LogP contribution is -2.24. The van der Waals surface area contributed by atoms with Crippen molar-refractivity contribution in [3.8, 4) is 17.1 Å². The Bertz CT molecular complexity index is 885. The van der Waals surface area contributed by atoms with E-state index in [1.165, 1.54) is 6.08 Å².